The maximum Gasteiger partial charge on any atom is 0.306 e. The number of halogens is 2. The minimum Gasteiger partial charge on any atom is -0.457 e. The van der Waals surface area contributed by atoms with E-state index in [0.717, 1.165) is 0 Å². The number of benzene rings is 1. The zero-order valence-corrected chi connectivity index (χ0v) is 8.05. The highest BCUT2D eigenvalue weighted by atomic mass is 35.5. The molecule has 0 radical (unpaired) electrons. The molecule has 0 bridgehead atoms. The molecule has 0 spiro atoms. The van der Waals surface area contributed by atoms with Gasteiger partial charge in [-0.1, -0.05) is 17.7 Å². The second-order valence-electron chi connectivity index (χ2n) is 3.18. The zero-order valence-electron chi connectivity index (χ0n) is 7.30. The quantitative estimate of drug-likeness (QED) is 0.672. The van der Waals surface area contributed by atoms with Gasteiger partial charge in [-0.3, -0.25) is 4.79 Å². The third-order valence-corrected chi connectivity index (χ3v) is 2.52. The number of carbonyl (C=O) groups excluding carboxylic acids is 1. The summed E-state index contributed by atoms with van der Waals surface area (Å²) < 4.78 is 17.7. The van der Waals surface area contributed by atoms with Gasteiger partial charge < -0.3 is 4.74 Å². The molecule has 4 heteroatoms. The van der Waals surface area contributed by atoms with Crippen molar-refractivity contribution in [1.82, 2.24) is 0 Å². The lowest BCUT2D eigenvalue weighted by molar-refractivity contribution is -0.141. The van der Waals surface area contributed by atoms with E-state index in [0.29, 0.717) is 23.4 Å². The van der Waals surface area contributed by atoms with E-state index < -0.39 is 0 Å². The summed E-state index contributed by atoms with van der Waals surface area (Å²) in [4.78, 5) is 10.9. The molecule has 0 N–H and O–H groups in total. The Labute approximate surface area is 85.6 Å². The third-order valence-electron chi connectivity index (χ3n) is 2.19. The molecule has 1 heterocycles. The number of esters is 1. The van der Waals surface area contributed by atoms with E-state index in [9.17, 15) is 9.18 Å². The molecule has 1 saturated heterocycles. The van der Waals surface area contributed by atoms with Gasteiger partial charge in [0.05, 0.1) is 5.02 Å². The zero-order chi connectivity index (χ0) is 10.1. The van der Waals surface area contributed by atoms with Gasteiger partial charge in [0.2, 0.25) is 0 Å². The largest absolute Gasteiger partial charge is 0.457 e. The third kappa shape index (κ3) is 1.73. The van der Waals surface area contributed by atoms with Crippen LogP contribution in [0.2, 0.25) is 5.02 Å². The first-order valence-corrected chi connectivity index (χ1v) is 4.69. The summed E-state index contributed by atoms with van der Waals surface area (Å²) in [7, 11) is 0. The fourth-order valence-corrected chi connectivity index (χ4v) is 1.80. The maximum atomic E-state index is 12.7. The topological polar surface area (TPSA) is 26.3 Å². The highest BCUT2D eigenvalue weighted by Crippen LogP contribution is 2.33. The fraction of sp³-hybridized carbons (Fsp3) is 0.300. The van der Waals surface area contributed by atoms with Crippen LogP contribution in [-0.4, -0.2) is 5.97 Å². The van der Waals surface area contributed by atoms with Crippen LogP contribution in [0.25, 0.3) is 0 Å². The second kappa shape index (κ2) is 3.58. The minimum absolute atomic E-state index is 0.226. The molecule has 2 nitrogen and oxygen atoms in total. The smallest absolute Gasteiger partial charge is 0.306 e. The van der Waals surface area contributed by atoms with E-state index in [1.165, 1.54) is 12.1 Å². The Bertz CT molecular complexity index is 378. The Hall–Kier alpha value is -1.09. The van der Waals surface area contributed by atoms with Gasteiger partial charge in [-0.2, -0.15) is 0 Å². The number of cyclic esters (lactones) is 1. The summed E-state index contributed by atoms with van der Waals surface area (Å²) in [5.41, 5.74) is 0.680. The van der Waals surface area contributed by atoms with E-state index in [2.05, 4.69) is 0 Å². The Morgan fingerprint density at radius 2 is 2.29 bits per heavy atom. The summed E-state index contributed by atoms with van der Waals surface area (Å²) in [6, 6.07) is 4.09. The lowest BCUT2D eigenvalue weighted by Gasteiger charge is -2.10. The van der Waals surface area contributed by atoms with Crippen molar-refractivity contribution < 1.29 is 13.9 Å². The number of hydrogen-bond donors (Lipinski definition) is 0. The van der Waals surface area contributed by atoms with Crippen LogP contribution in [0.15, 0.2) is 18.2 Å². The molecule has 1 fully saturated rings. The predicted octanol–water partition coefficient (Wildman–Crippen LogP) is 2.86. The summed E-state index contributed by atoms with van der Waals surface area (Å²) in [5.74, 6) is -0.613. The molecule has 2 rings (SSSR count). The predicted molar refractivity (Wildman–Crippen MR) is 49.5 cm³/mol. The van der Waals surface area contributed by atoms with Gasteiger partial charge in [0, 0.05) is 12.0 Å². The average Bonchev–Trinajstić information content (AvgIpc) is 2.51. The molecule has 14 heavy (non-hydrogen) atoms. The van der Waals surface area contributed by atoms with Crippen LogP contribution in [0.4, 0.5) is 4.39 Å². The van der Waals surface area contributed by atoms with E-state index in [1.807, 2.05) is 0 Å². The molecule has 74 valence electrons. The first-order valence-electron chi connectivity index (χ1n) is 4.31. The average molecular weight is 215 g/mol. The van der Waals surface area contributed by atoms with Crippen LogP contribution < -0.4 is 0 Å². The lowest BCUT2D eigenvalue weighted by Crippen LogP contribution is -1.99. The molecular weight excluding hydrogens is 207 g/mol. The van der Waals surface area contributed by atoms with Crippen LogP contribution in [0.1, 0.15) is 24.5 Å². The van der Waals surface area contributed by atoms with Crippen LogP contribution >= 0.6 is 11.6 Å². The minimum atomic E-state index is -0.386. The first kappa shape index (κ1) is 9.46. The molecule has 0 aliphatic carbocycles. The van der Waals surface area contributed by atoms with Crippen molar-refractivity contribution in [3.8, 4) is 0 Å². The van der Waals surface area contributed by atoms with Crippen LogP contribution in [0, 0.1) is 5.82 Å². The number of hydrogen-bond acceptors (Lipinski definition) is 2. The Morgan fingerprint density at radius 1 is 1.50 bits per heavy atom. The van der Waals surface area contributed by atoms with Crippen molar-refractivity contribution in [2.75, 3.05) is 0 Å². The van der Waals surface area contributed by atoms with Crippen molar-refractivity contribution in [3.05, 3.63) is 34.6 Å². The van der Waals surface area contributed by atoms with Gasteiger partial charge in [0.15, 0.2) is 0 Å². The number of carbonyl (C=O) groups is 1. The molecule has 1 aromatic rings. The second-order valence-corrected chi connectivity index (χ2v) is 3.59. The van der Waals surface area contributed by atoms with Crippen molar-refractivity contribution in [3.63, 3.8) is 0 Å². The van der Waals surface area contributed by atoms with Crippen molar-refractivity contribution >= 4 is 17.6 Å². The van der Waals surface area contributed by atoms with Gasteiger partial charge in [-0.25, -0.2) is 4.39 Å². The van der Waals surface area contributed by atoms with E-state index in [-0.39, 0.29) is 17.9 Å². The lowest BCUT2D eigenvalue weighted by atomic mass is 10.1. The van der Waals surface area contributed by atoms with Crippen LogP contribution in [0.3, 0.4) is 0 Å². The number of rotatable bonds is 1. The van der Waals surface area contributed by atoms with Gasteiger partial charge in [0.25, 0.3) is 0 Å². The normalized spacial score (nSPS) is 21.0. The molecule has 0 amide bonds. The summed E-state index contributed by atoms with van der Waals surface area (Å²) in [6.45, 7) is 0. The molecule has 1 aliphatic rings. The highest BCUT2D eigenvalue weighted by Gasteiger charge is 2.26. The van der Waals surface area contributed by atoms with Crippen molar-refractivity contribution in [2.24, 2.45) is 0 Å². The summed E-state index contributed by atoms with van der Waals surface area (Å²) >= 11 is 5.83. The summed E-state index contributed by atoms with van der Waals surface area (Å²) in [6.07, 6.45) is 0.707. The monoisotopic (exact) mass is 214 g/mol. The molecule has 0 aromatic heterocycles. The molecule has 1 aromatic carbocycles. The van der Waals surface area contributed by atoms with Crippen LogP contribution in [0.5, 0.6) is 0 Å². The molecular formula is C10H8ClFO2. The summed E-state index contributed by atoms with van der Waals surface area (Å²) in [5, 5.41) is 0.310. The maximum absolute atomic E-state index is 12.7. The van der Waals surface area contributed by atoms with Crippen molar-refractivity contribution in [1.29, 1.82) is 0 Å². The fourth-order valence-electron chi connectivity index (χ4n) is 1.51. The van der Waals surface area contributed by atoms with E-state index >= 15 is 0 Å². The standard InChI is InChI=1S/C10H8ClFO2/c11-8-5-6(12)1-2-7(8)9-3-4-10(13)14-9/h1-2,5,9H,3-4H2. The molecule has 1 aliphatic heterocycles. The highest BCUT2D eigenvalue weighted by molar-refractivity contribution is 6.31. The number of ether oxygens (including phenoxy) is 1. The van der Waals surface area contributed by atoms with Gasteiger partial charge in [0.1, 0.15) is 11.9 Å². The first-order chi connectivity index (χ1) is 6.66. The SMILES string of the molecule is O=C1CCC(c2ccc(F)cc2Cl)O1. The molecule has 1 unspecified atom stereocenters. The van der Waals surface area contributed by atoms with E-state index in [4.69, 9.17) is 16.3 Å². The van der Waals surface area contributed by atoms with Crippen LogP contribution in [-0.2, 0) is 9.53 Å². The van der Waals surface area contributed by atoms with Gasteiger partial charge in [-0.15, -0.1) is 0 Å². The Balaban J connectivity index is 2.28. The van der Waals surface area contributed by atoms with Gasteiger partial charge in [-0.05, 0) is 18.6 Å². The molecule has 0 saturated carbocycles. The van der Waals surface area contributed by atoms with E-state index in [1.54, 1.807) is 6.07 Å². The molecule has 1 atom stereocenters. The Morgan fingerprint density at radius 3 is 2.86 bits per heavy atom. The van der Waals surface area contributed by atoms with Crippen molar-refractivity contribution in [2.45, 2.75) is 18.9 Å². The Kier molecular flexibility index (Phi) is 2.42. The van der Waals surface area contributed by atoms with Gasteiger partial charge >= 0.3 is 5.97 Å².